The van der Waals surface area contributed by atoms with Crippen molar-refractivity contribution < 1.29 is 29.3 Å². The lowest BCUT2D eigenvalue weighted by Crippen LogP contribution is -2.58. The minimum absolute atomic E-state index is 0.0878. The van der Waals surface area contributed by atoms with E-state index in [1.807, 2.05) is 30.3 Å². The van der Waals surface area contributed by atoms with Crippen molar-refractivity contribution in [3.8, 4) is 0 Å². The molecule has 1 fully saturated rings. The molecule has 2 rings (SSSR count). The molecule has 1 saturated heterocycles. The summed E-state index contributed by atoms with van der Waals surface area (Å²) in [6, 6.07) is 7.88. The molecule has 0 unspecified atom stereocenters. The second-order valence-electron chi connectivity index (χ2n) is 5.45. The molecule has 8 heteroatoms. The van der Waals surface area contributed by atoms with E-state index in [0.717, 1.165) is 5.56 Å². The number of morpholine rings is 1. The minimum Gasteiger partial charge on any atom is -0.465 e. The van der Waals surface area contributed by atoms with Crippen LogP contribution >= 0.6 is 0 Å². The first-order valence-corrected chi connectivity index (χ1v) is 7.72. The Hall–Kier alpha value is -2.16. The highest BCUT2D eigenvalue weighted by atomic mass is 16.5. The molecule has 2 atom stereocenters. The van der Waals surface area contributed by atoms with Crippen LogP contribution in [0.25, 0.3) is 0 Å². The summed E-state index contributed by atoms with van der Waals surface area (Å²) < 4.78 is 10.7. The van der Waals surface area contributed by atoms with Gasteiger partial charge in [0.1, 0.15) is 6.04 Å². The van der Waals surface area contributed by atoms with Gasteiger partial charge in [-0.2, -0.15) is 0 Å². The lowest BCUT2D eigenvalue weighted by molar-refractivity contribution is -0.145. The maximum Gasteiger partial charge on any atom is 0.405 e. The van der Waals surface area contributed by atoms with E-state index in [-0.39, 0.29) is 26.4 Å². The fourth-order valence-corrected chi connectivity index (χ4v) is 2.49. The van der Waals surface area contributed by atoms with E-state index < -0.39 is 24.1 Å². The monoisotopic (exact) mass is 338 g/mol. The molecule has 0 spiro atoms. The Morgan fingerprint density at radius 3 is 2.79 bits per heavy atom. The van der Waals surface area contributed by atoms with E-state index in [1.165, 1.54) is 4.90 Å². The molecule has 1 aromatic rings. The van der Waals surface area contributed by atoms with Gasteiger partial charge in [-0.3, -0.25) is 4.79 Å². The van der Waals surface area contributed by atoms with Crippen molar-refractivity contribution >= 4 is 12.0 Å². The number of nitrogens with one attached hydrogen (secondary N) is 1. The van der Waals surface area contributed by atoms with Crippen LogP contribution in [0.5, 0.6) is 0 Å². The van der Waals surface area contributed by atoms with Gasteiger partial charge in [-0.05, 0) is 5.56 Å². The van der Waals surface area contributed by atoms with Crippen LogP contribution in [-0.2, 0) is 20.9 Å². The Morgan fingerprint density at radius 1 is 1.38 bits per heavy atom. The largest absolute Gasteiger partial charge is 0.465 e. The van der Waals surface area contributed by atoms with Crippen LogP contribution in [0.1, 0.15) is 5.56 Å². The van der Waals surface area contributed by atoms with Crippen LogP contribution in [0.3, 0.4) is 0 Å². The predicted octanol–water partition coefficient (Wildman–Crippen LogP) is 0.0591. The Balaban J connectivity index is 1.95. The number of ether oxygens (including phenoxy) is 2. The number of carboxylic acid groups (broad SMARTS) is 1. The van der Waals surface area contributed by atoms with Gasteiger partial charge in [0.05, 0.1) is 39.1 Å². The number of hydrogen-bond acceptors (Lipinski definition) is 5. The van der Waals surface area contributed by atoms with Gasteiger partial charge in [0.2, 0.25) is 5.91 Å². The van der Waals surface area contributed by atoms with Gasteiger partial charge >= 0.3 is 6.09 Å². The molecule has 1 aromatic carbocycles. The maximum atomic E-state index is 12.6. The third kappa shape index (κ3) is 5.19. The van der Waals surface area contributed by atoms with Gasteiger partial charge < -0.3 is 29.9 Å². The Labute approximate surface area is 140 Å². The van der Waals surface area contributed by atoms with Gasteiger partial charge in [-0.25, -0.2) is 4.79 Å². The van der Waals surface area contributed by atoms with Gasteiger partial charge in [-0.15, -0.1) is 0 Å². The van der Waals surface area contributed by atoms with Crippen LogP contribution in [0.4, 0.5) is 4.79 Å². The number of hydrogen-bond donors (Lipinski definition) is 3. The fourth-order valence-electron chi connectivity index (χ4n) is 2.49. The summed E-state index contributed by atoms with van der Waals surface area (Å²) in [5.74, 6) is -0.423. The van der Waals surface area contributed by atoms with Crippen molar-refractivity contribution in [3.05, 3.63) is 35.9 Å². The third-order valence-corrected chi connectivity index (χ3v) is 3.71. The molecule has 2 amide bonds. The third-order valence-electron chi connectivity index (χ3n) is 3.71. The van der Waals surface area contributed by atoms with Crippen LogP contribution in [0.2, 0.25) is 0 Å². The molecule has 1 aliphatic heterocycles. The number of amides is 2. The summed E-state index contributed by atoms with van der Waals surface area (Å²) in [5, 5.41) is 20.5. The van der Waals surface area contributed by atoms with Crippen molar-refractivity contribution in [2.75, 3.05) is 33.0 Å². The molecule has 0 bridgehead atoms. The van der Waals surface area contributed by atoms with Crippen molar-refractivity contribution in [1.29, 1.82) is 0 Å². The summed E-state index contributed by atoms with van der Waals surface area (Å²) in [6.45, 7) is 0.838. The van der Waals surface area contributed by atoms with Crippen molar-refractivity contribution in [2.45, 2.75) is 18.7 Å². The molecule has 8 nitrogen and oxygen atoms in total. The van der Waals surface area contributed by atoms with Gasteiger partial charge in [0.25, 0.3) is 0 Å². The number of nitrogens with zero attached hydrogens (tertiary/aromatic N) is 1. The van der Waals surface area contributed by atoms with E-state index >= 15 is 0 Å². The lowest BCUT2D eigenvalue weighted by atomic mass is 10.2. The van der Waals surface area contributed by atoms with Crippen molar-refractivity contribution in [3.63, 3.8) is 0 Å². The number of carbonyl (C=O) groups excluding carboxylic acids is 1. The molecule has 0 aliphatic carbocycles. The normalized spacial score (nSPS) is 18.9. The van der Waals surface area contributed by atoms with Crippen LogP contribution < -0.4 is 5.32 Å². The summed E-state index contributed by atoms with van der Waals surface area (Å²) in [6.07, 6.45) is -1.30. The highest BCUT2D eigenvalue weighted by Gasteiger charge is 2.32. The molecular weight excluding hydrogens is 316 g/mol. The van der Waals surface area contributed by atoms with Crippen LogP contribution in [-0.4, -0.2) is 72.2 Å². The van der Waals surface area contributed by atoms with Gasteiger partial charge in [0.15, 0.2) is 0 Å². The standard InChI is InChI=1S/C16H22N2O6/c19-8-13-10-23-7-6-18(13)15(20)14(17-16(21)22)11-24-9-12-4-2-1-3-5-12/h1-5,13-14,17,19H,6-11H2,(H,21,22)/t13-,14+/m0/s1. The summed E-state index contributed by atoms with van der Waals surface area (Å²) in [7, 11) is 0. The lowest BCUT2D eigenvalue weighted by Gasteiger charge is -2.36. The maximum absolute atomic E-state index is 12.6. The topological polar surface area (TPSA) is 108 Å². The van der Waals surface area contributed by atoms with E-state index in [0.29, 0.717) is 13.2 Å². The number of carbonyl (C=O) groups is 2. The van der Waals surface area contributed by atoms with Crippen molar-refractivity contribution in [2.24, 2.45) is 0 Å². The van der Waals surface area contributed by atoms with Crippen LogP contribution in [0.15, 0.2) is 30.3 Å². The molecule has 24 heavy (non-hydrogen) atoms. The molecule has 0 radical (unpaired) electrons. The number of benzene rings is 1. The fraction of sp³-hybridized carbons (Fsp3) is 0.500. The first kappa shape index (κ1) is 18.2. The highest BCUT2D eigenvalue weighted by Crippen LogP contribution is 2.10. The molecular formula is C16H22N2O6. The average Bonchev–Trinajstić information content (AvgIpc) is 2.61. The first-order valence-electron chi connectivity index (χ1n) is 7.72. The first-order chi connectivity index (χ1) is 11.6. The van der Waals surface area contributed by atoms with Gasteiger partial charge in [0, 0.05) is 6.54 Å². The molecule has 3 N–H and O–H groups in total. The van der Waals surface area contributed by atoms with E-state index in [2.05, 4.69) is 5.32 Å². The summed E-state index contributed by atoms with van der Waals surface area (Å²) >= 11 is 0. The predicted molar refractivity (Wildman–Crippen MR) is 84.5 cm³/mol. The van der Waals surface area contributed by atoms with E-state index in [9.17, 15) is 14.7 Å². The smallest absolute Gasteiger partial charge is 0.405 e. The number of aliphatic hydroxyl groups excluding tert-OH is 1. The molecule has 132 valence electrons. The number of rotatable bonds is 7. The molecule has 1 heterocycles. The minimum atomic E-state index is -1.30. The van der Waals surface area contributed by atoms with Crippen molar-refractivity contribution in [1.82, 2.24) is 10.2 Å². The average molecular weight is 338 g/mol. The molecule has 0 saturated carbocycles. The zero-order chi connectivity index (χ0) is 17.4. The molecule has 0 aromatic heterocycles. The zero-order valence-electron chi connectivity index (χ0n) is 13.3. The molecule has 1 aliphatic rings. The van der Waals surface area contributed by atoms with Gasteiger partial charge in [-0.1, -0.05) is 30.3 Å². The second-order valence-corrected chi connectivity index (χ2v) is 5.45. The Bertz CT molecular complexity index is 539. The summed E-state index contributed by atoms with van der Waals surface area (Å²) in [4.78, 5) is 25.0. The SMILES string of the molecule is O=C(O)N[C@H](COCc1ccccc1)C(=O)N1CCOC[C@@H]1CO. The zero-order valence-corrected chi connectivity index (χ0v) is 13.3. The quantitative estimate of drug-likeness (QED) is 0.649. The summed E-state index contributed by atoms with van der Waals surface area (Å²) in [5.41, 5.74) is 0.929. The highest BCUT2D eigenvalue weighted by molar-refractivity contribution is 5.85. The van der Waals surface area contributed by atoms with E-state index in [4.69, 9.17) is 14.6 Å². The Morgan fingerprint density at radius 2 is 2.12 bits per heavy atom. The second kappa shape index (κ2) is 9.21. The van der Waals surface area contributed by atoms with Crippen LogP contribution in [0, 0.1) is 0 Å². The number of aliphatic hydroxyl groups is 1. The Kier molecular flexibility index (Phi) is 6.98. The van der Waals surface area contributed by atoms with E-state index in [1.54, 1.807) is 0 Å².